The van der Waals surface area contributed by atoms with E-state index in [1.807, 2.05) is 0 Å². The molecule has 0 spiro atoms. The van der Waals surface area contributed by atoms with Crippen molar-refractivity contribution >= 4 is 15.9 Å². The lowest BCUT2D eigenvalue weighted by atomic mass is 10.3. The highest BCUT2D eigenvalue weighted by Crippen LogP contribution is 2.11. The zero-order valence-corrected chi connectivity index (χ0v) is 12.3. The van der Waals surface area contributed by atoms with Gasteiger partial charge >= 0.3 is 0 Å². The second-order valence-corrected chi connectivity index (χ2v) is 7.35. The maximum atomic E-state index is 12.1. The summed E-state index contributed by atoms with van der Waals surface area (Å²) < 4.78 is 24.1. The first-order chi connectivity index (χ1) is 9.27. The molecule has 2 N–H and O–H groups in total. The molecular weight excluding hydrogens is 286 g/mol. The largest absolute Gasteiger partial charge is 0.389 e. The maximum Gasteiger partial charge on any atom is 0.236 e. The number of carbonyl (C=O) groups is 1. The van der Waals surface area contributed by atoms with E-state index < -0.39 is 22.2 Å². The van der Waals surface area contributed by atoms with Crippen LogP contribution in [0.3, 0.4) is 0 Å². The Morgan fingerprint density at radius 1 is 1.10 bits per heavy atom. The Hall–Kier alpha value is -0.740. The number of β-amino-alcohol motifs (C(OH)–C–C–N with tert-alkyl or cyclic N) is 2. The molecule has 2 saturated heterocycles. The van der Waals surface area contributed by atoms with Crippen LogP contribution < -0.4 is 0 Å². The minimum absolute atomic E-state index is 0.0977. The number of hydrogen-bond acceptors (Lipinski definition) is 6. The zero-order chi connectivity index (χ0) is 14.9. The first-order valence-corrected chi connectivity index (χ1v) is 8.43. The third-order valence-corrected chi connectivity index (χ3v) is 5.06. The molecule has 0 radical (unpaired) electrons. The predicted octanol–water partition coefficient (Wildman–Crippen LogP) is -2.87. The molecule has 2 heterocycles. The Morgan fingerprint density at radius 3 is 2.05 bits per heavy atom. The van der Waals surface area contributed by atoms with Gasteiger partial charge in [-0.05, 0) is 0 Å². The number of hydrogen-bond donors (Lipinski definition) is 2. The van der Waals surface area contributed by atoms with Crippen LogP contribution in [0.25, 0.3) is 0 Å². The zero-order valence-electron chi connectivity index (χ0n) is 11.5. The van der Waals surface area contributed by atoms with E-state index in [4.69, 9.17) is 0 Å². The van der Waals surface area contributed by atoms with E-state index in [0.29, 0.717) is 26.2 Å². The predicted molar refractivity (Wildman–Crippen MR) is 71.5 cm³/mol. The summed E-state index contributed by atoms with van der Waals surface area (Å²) in [5, 5.41) is 18.9. The Morgan fingerprint density at radius 2 is 1.60 bits per heavy atom. The van der Waals surface area contributed by atoms with Crippen molar-refractivity contribution in [2.24, 2.45) is 0 Å². The van der Waals surface area contributed by atoms with Crippen LogP contribution in [0.1, 0.15) is 0 Å². The Bertz CT molecular complexity index is 451. The fraction of sp³-hybridized carbons (Fsp3) is 0.909. The van der Waals surface area contributed by atoms with Crippen LogP contribution in [0.2, 0.25) is 0 Å². The van der Waals surface area contributed by atoms with Gasteiger partial charge in [0.2, 0.25) is 15.9 Å². The second-order valence-electron chi connectivity index (χ2n) is 5.37. The van der Waals surface area contributed by atoms with Crippen LogP contribution in [0, 0.1) is 0 Å². The number of aliphatic hydroxyl groups is 2. The molecule has 2 aliphatic rings. The van der Waals surface area contributed by atoms with Gasteiger partial charge in [-0.3, -0.25) is 9.69 Å². The number of carbonyl (C=O) groups excluding carboxylic acids is 1. The highest BCUT2D eigenvalue weighted by atomic mass is 32.2. The third kappa shape index (κ3) is 3.67. The van der Waals surface area contributed by atoms with Gasteiger partial charge in [-0.1, -0.05) is 0 Å². The molecule has 2 aliphatic heterocycles. The van der Waals surface area contributed by atoms with Gasteiger partial charge in [0, 0.05) is 39.3 Å². The SMILES string of the molecule is CS(=O)(=O)N1CCN(C(=O)CN2C[C@@H](O)[C@@H](O)C2)CC1. The fourth-order valence-electron chi connectivity index (χ4n) is 2.54. The van der Waals surface area contributed by atoms with Gasteiger partial charge in [0.1, 0.15) is 0 Å². The first kappa shape index (κ1) is 15.6. The minimum Gasteiger partial charge on any atom is -0.389 e. The van der Waals surface area contributed by atoms with Crippen LogP contribution in [0.4, 0.5) is 0 Å². The number of rotatable bonds is 3. The Labute approximate surface area is 118 Å². The quantitative estimate of drug-likeness (QED) is 0.581. The van der Waals surface area contributed by atoms with Crippen molar-refractivity contribution in [2.45, 2.75) is 12.2 Å². The number of aliphatic hydroxyl groups excluding tert-OH is 2. The number of piperazine rings is 1. The molecule has 0 aromatic heterocycles. The summed E-state index contributed by atoms with van der Waals surface area (Å²) in [4.78, 5) is 15.4. The molecule has 0 unspecified atom stereocenters. The van der Waals surface area contributed by atoms with Crippen molar-refractivity contribution in [2.75, 3.05) is 52.1 Å². The molecule has 0 aromatic carbocycles. The molecule has 1 amide bonds. The molecule has 2 fully saturated rings. The van der Waals surface area contributed by atoms with Gasteiger partial charge in [-0.25, -0.2) is 8.42 Å². The number of nitrogens with zero attached hydrogens (tertiary/aromatic N) is 3. The summed E-state index contributed by atoms with van der Waals surface area (Å²) in [7, 11) is -3.19. The van der Waals surface area contributed by atoms with Gasteiger partial charge in [0.15, 0.2) is 0 Å². The molecule has 9 heteroatoms. The van der Waals surface area contributed by atoms with Crippen LogP contribution in [-0.2, 0) is 14.8 Å². The molecule has 8 nitrogen and oxygen atoms in total. The average Bonchev–Trinajstić information content (AvgIpc) is 2.67. The molecule has 0 aromatic rings. The highest BCUT2D eigenvalue weighted by Gasteiger charge is 2.32. The Balaban J connectivity index is 1.81. The van der Waals surface area contributed by atoms with Gasteiger partial charge in [-0.15, -0.1) is 0 Å². The monoisotopic (exact) mass is 307 g/mol. The summed E-state index contributed by atoms with van der Waals surface area (Å²) in [5.41, 5.74) is 0. The van der Waals surface area contributed by atoms with E-state index in [-0.39, 0.29) is 25.5 Å². The Kier molecular flexibility index (Phi) is 4.65. The summed E-state index contributed by atoms with van der Waals surface area (Å²) >= 11 is 0. The van der Waals surface area contributed by atoms with E-state index in [1.54, 1.807) is 9.80 Å². The maximum absolute atomic E-state index is 12.1. The normalized spacial score (nSPS) is 29.9. The van der Waals surface area contributed by atoms with E-state index in [9.17, 15) is 23.4 Å². The summed E-state index contributed by atoms with van der Waals surface area (Å²) in [6, 6.07) is 0. The molecule has 0 bridgehead atoms. The van der Waals surface area contributed by atoms with Crippen molar-refractivity contribution < 1.29 is 23.4 Å². The van der Waals surface area contributed by atoms with Crippen molar-refractivity contribution in [3.63, 3.8) is 0 Å². The van der Waals surface area contributed by atoms with Crippen molar-refractivity contribution in [1.29, 1.82) is 0 Å². The molecule has 2 atom stereocenters. The van der Waals surface area contributed by atoms with E-state index in [2.05, 4.69) is 0 Å². The van der Waals surface area contributed by atoms with E-state index >= 15 is 0 Å². The van der Waals surface area contributed by atoms with E-state index in [0.717, 1.165) is 6.26 Å². The smallest absolute Gasteiger partial charge is 0.236 e. The second kappa shape index (κ2) is 5.94. The van der Waals surface area contributed by atoms with Crippen LogP contribution >= 0.6 is 0 Å². The molecule has 0 saturated carbocycles. The van der Waals surface area contributed by atoms with Gasteiger partial charge < -0.3 is 15.1 Å². The number of amides is 1. The molecule has 0 aliphatic carbocycles. The van der Waals surface area contributed by atoms with Crippen molar-refractivity contribution in [3.8, 4) is 0 Å². The minimum atomic E-state index is -3.19. The van der Waals surface area contributed by atoms with Crippen molar-refractivity contribution in [1.82, 2.24) is 14.1 Å². The highest BCUT2D eigenvalue weighted by molar-refractivity contribution is 7.88. The van der Waals surface area contributed by atoms with Crippen LogP contribution in [0.15, 0.2) is 0 Å². The molecule has 2 rings (SSSR count). The van der Waals surface area contributed by atoms with E-state index in [1.165, 1.54) is 4.31 Å². The molecular formula is C11H21N3O5S. The van der Waals surface area contributed by atoms with Crippen LogP contribution in [-0.4, -0.2) is 103 Å². The molecule has 116 valence electrons. The molecule has 20 heavy (non-hydrogen) atoms. The standard InChI is InChI=1S/C11H21N3O5S/c1-20(18,19)14-4-2-13(3-5-14)11(17)8-12-6-9(15)10(16)7-12/h9-10,15-16H,2-8H2,1H3/t9-,10+. The number of sulfonamides is 1. The summed E-state index contributed by atoms with van der Waals surface area (Å²) in [6.07, 6.45) is -0.438. The van der Waals surface area contributed by atoms with Crippen molar-refractivity contribution in [3.05, 3.63) is 0 Å². The fourth-order valence-corrected chi connectivity index (χ4v) is 3.36. The summed E-state index contributed by atoms with van der Waals surface area (Å²) in [5.74, 6) is -0.0977. The lowest BCUT2D eigenvalue weighted by Crippen LogP contribution is -2.52. The topological polar surface area (TPSA) is 101 Å². The number of likely N-dealkylation sites (tertiary alicyclic amines) is 1. The average molecular weight is 307 g/mol. The van der Waals surface area contributed by atoms with Gasteiger partial charge in [0.05, 0.1) is 25.0 Å². The first-order valence-electron chi connectivity index (χ1n) is 6.59. The summed E-state index contributed by atoms with van der Waals surface area (Å²) in [6.45, 7) is 2.11. The van der Waals surface area contributed by atoms with Gasteiger partial charge in [0.25, 0.3) is 0 Å². The van der Waals surface area contributed by atoms with Gasteiger partial charge in [-0.2, -0.15) is 4.31 Å². The third-order valence-electron chi connectivity index (χ3n) is 3.75. The lowest BCUT2D eigenvalue weighted by molar-refractivity contribution is -0.133. The van der Waals surface area contributed by atoms with Crippen LogP contribution in [0.5, 0.6) is 0 Å². The lowest BCUT2D eigenvalue weighted by Gasteiger charge is -2.34.